The van der Waals surface area contributed by atoms with Gasteiger partial charge in [-0.25, -0.2) is 0 Å². The van der Waals surface area contributed by atoms with Gasteiger partial charge in [0.05, 0.1) is 7.11 Å². The molecular formula is C11H17NO. The van der Waals surface area contributed by atoms with Crippen LogP contribution in [0.2, 0.25) is 0 Å². The van der Waals surface area contributed by atoms with Gasteiger partial charge in [0.15, 0.2) is 0 Å². The van der Waals surface area contributed by atoms with Gasteiger partial charge in [-0.1, -0.05) is 25.1 Å². The van der Waals surface area contributed by atoms with E-state index in [9.17, 15) is 0 Å². The van der Waals surface area contributed by atoms with Crippen LogP contribution in [-0.4, -0.2) is 13.7 Å². The molecule has 72 valence electrons. The zero-order valence-corrected chi connectivity index (χ0v) is 8.29. The second kappa shape index (κ2) is 4.87. The van der Waals surface area contributed by atoms with E-state index >= 15 is 0 Å². The maximum Gasteiger partial charge on any atom is 0.122 e. The summed E-state index contributed by atoms with van der Waals surface area (Å²) in [5.74, 6) is 1.47. The maximum atomic E-state index is 5.57. The fourth-order valence-corrected chi connectivity index (χ4v) is 1.33. The van der Waals surface area contributed by atoms with Gasteiger partial charge in [-0.3, -0.25) is 0 Å². The molecule has 0 amide bonds. The molecule has 0 aliphatic carbocycles. The highest BCUT2D eigenvalue weighted by Crippen LogP contribution is 2.20. The zero-order chi connectivity index (χ0) is 9.68. The van der Waals surface area contributed by atoms with Gasteiger partial charge < -0.3 is 10.5 Å². The number of para-hydroxylation sites is 1. The SMILES string of the molecule is COc1ccccc1CC(C)CN. The summed E-state index contributed by atoms with van der Waals surface area (Å²) in [6.07, 6.45) is 0.987. The third kappa shape index (κ3) is 2.74. The van der Waals surface area contributed by atoms with Crippen LogP contribution in [0.15, 0.2) is 24.3 Å². The molecule has 13 heavy (non-hydrogen) atoms. The van der Waals surface area contributed by atoms with E-state index in [0.717, 1.165) is 18.7 Å². The van der Waals surface area contributed by atoms with E-state index in [2.05, 4.69) is 13.0 Å². The number of rotatable bonds is 4. The van der Waals surface area contributed by atoms with Crippen LogP contribution in [0.1, 0.15) is 12.5 Å². The van der Waals surface area contributed by atoms with Gasteiger partial charge in [-0.15, -0.1) is 0 Å². The lowest BCUT2D eigenvalue weighted by molar-refractivity contribution is 0.406. The summed E-state index contributed by atoms with van der Waals surface area (Å²) in [5.41, 5.74) is 6.81. The molecule has 1 unspecified atom stereocenters. The number of methoxy groups -OCH3 is 1. The molecule has 1 aromatic carbocycles. The molecule has 0 heterocycles. The van der Waals surface area contributed by atoms with Crippen molar-refractivity contribution in [2.75, 3.05) is 13.7 Å². The van der Waals surface area contributed by atoms with Crippen LogP contribution in [0.5, 0.6) is 5.75 Å². The van der Waals surface area contributed by atoms with Crippen molar-refractivity contribution in [1.29, 1.82) is 0 Å². The van der Waals surface area contributed by atoms with E-state index in [1.807, 2.05) is 18.2 Å². The van der Waals surface area contributed by atoms with Crippen LogP contribution in [0, 0.1) is 5.92 Å². The summed E-state index contributed by atoms with van der Waals surface area (Å²) in [6, 6.07) is 8.08. The van der Waals surface area contributed by atoms with Gasteiger partial charge >= 0.3 is 0 Å². The summed E-state index contributed by atoms with van der Waals surface area (Å²) in [5, 5.41) is 0. The Hall–Kier alpha value is -1.02. The van der Waals surface area contributed by atoms with E-state index in [0.29, 0.717) is 5.92 Å². The third-order valence-electron chi connectivity index (χ3n) is 2.16. The Morgan fingerprint density at radius 2 is 2.08 bits per heavy atom. The lowest BCUT2D eigenvalue weighted by atomic mass is 10.0. The molecule has 0 fully saturated rings. The molecule has 2 heteroatoms. The molecule has 1 aromatic rings. The predicted molar refractivity (Wildman–Crippen MR) is 54.9 cm³/mol. The molecule has 0 aliphatic rings. The second-order valence-corrected chi connectivity index (χ2v) is 3.36. The molecule has 1 atom stereocenters. The van der Waals surface area contributed by atoms with E-state index in [4.69, 9.17) is 10.5 Å². The maximum absolute atomic E-state index is 5.57. The lowest BCUT2D eigenvalue weighted by Crippen LogP contribution is -2.13. The number of benzene rings is 1. The van der Waals surface area contributed by atoms with Gasteiger partial charge in [0.1, 0.15) is 5.75 Å². The van der Waals surface area contributed by atoms with Crippen molar-refractivity contribution < 1.29 is 4.74 Å². The summed E-state index contributed by atoms with van der Waals surface area (Å²) in [6.45, 7) is 2.87. The Balaban J connectivity index is 2.74. The van der Waals surface area contributed by atoms with Gasteiger partial charge in [-0.05, 0) is 30.5 Å². The average Bonchev–Trinajstić information content (AvgIpc) is 2.18. The molecule has 2 N–H and O–H groups in total. The number of nitrogens with two attached hydrogens (primary N) is 1. The number of hydrogen-bond acceptors (Lipinski definition) is 2. The Labute approximate surface area is 79.7 Å². The highest BCUT2D eigenvalue weighted by atomic mass is 16.5. The molecule has 0 radical (unpaired) electrons. The van der Waals surface area contributed by atoms with Crippen LogP contribution in [0.25, 0.3) is 0 Å². The van der Waals surface area contributed by atoms with Crippen LogP contribution >= 0.6 is 0 Å². The van der Waals surface area contributed by atoms with Gasteiger partial charge in [0.2, 0.25) is 0 Å². The van der Waals surface area contributed by atoms with Crippen molar-refractivity contribution in [3.05, 3.63) is 29.8 Å². The molecule has 1 rings (SSSR count). The molecular weight excluding hydrogens is 162 g/mol. The monoisotopic (exact) mass is 179 g/mol. The molecule has 0 bridgehead atoms. The fourth-order valence-electron chi connectivity index (χ4n) is 1.33. The van der Waals surface area contributed by atoms with E-state index < -0.39 is 0 Å². The van der Waals surface area contributed by atoms with Gasteiger partial charge in [-0.2, -0.15) is 0 Å². The molecule has 2 nitrogen and oxygen atoms in total. The van der Waals surface area contributed by atoms with Gasteiger partial charge in [0.25, 0.3) is 0 Å². The fraction of sp³-hybridized carbons (Fsp3) is 0.455. The Morgan fingerprint density at radius 3 is 2.69 bits per heavy atom. The van der Waals surface area contributed by atoms with Crippen LogP contribution in [0.3, 0.4) is 0 Å². The minimum atomic E-state index is 0.510. The molecule has 0 spiro atoms. The molecule has 0 saturated heterocycles. The van der Waals surface area contributed by atoms with Gasteiger partial charge in [0, 0.05) is 0 Å². The van der Waals surface area contributed by atoms with Crippen molar-refractivity contribution in [2.24, 2.45) is 11.7 Å². The zero-order valence-electron chi connectivity index (χ0n) is 8.29. The topological polar surface area (TPSA) is 35.2 Å². The van der Waals surface area contributed by atoms with Crippen molar-refractivity contribution in [1.82, 2.24) is 0 Å². The third-order valence-corrected chi connectivity index (χ3v) is 2.16. The second-order valence-electron chi connectivity index (χ2n) is 3.36. The van der Waals surface area contributed by atoms with Crippen molar-refractivity contribution in [3.8, 4) is 5.75 Å². The summed E-state index contributed by atoms with van der Waals surface area (Å²) < 4.78 is 5.25. The summed E-state index contributed by atoms with van der Waals surface area (Å²) in [7, 11) is 1.70. The first kappa shape index (κ1) is 10.1. The number of ether oxygens (including phenoxy) is 1. The van der Waals surface area contributed by atoms with E-state index in [1.165, 1.54) is 5.56 Å². The van der Waals surface area contributed by atoms with Crippen molar-refractivity contribution in [3.63, 3.8) is 0 Å². The Morgan fingerprint density at radius 1 is 1.38 bits per heavy atom. The van der Waals surface area contributed by atoms with Crippen molar-refractivity contribution >= 4 is 0 Å². The highest BCUT2D eigenvalue weighted by Gasteiger charge is 2.05. The smallest absolute Gasteiger partial charge is 0.122 e. The van der Waals surface area contributed by atoms with E-state index in [1.54, 1.807) is 7.11 Å². The molecule has 0 saturated carbocycles. The Kier molecular flexibility index (Phi) is 3.77. The largest absolute Gasteiger partial charge is 0.496 e. The lowest BCUT2D eigenvalue weighted by Gasteiger charge is -2.11. The minimum Gasteiger partial charge on any atom is -0.496 e. The first-order valence-electron chi connectivity index (χ1n) is 4.60. The first-order chi connectivity index (χ1) is 6.27. The summed E-state index contributed by atoms with van der Waals surface area (Å²) >= 11 is 0. The Bertz CT molecular complexity index is 260. The quantitative estimate of drug-likeness (QED) is 0.765. The molecule has 0 aliphatic heterocycles. The highest BCUT2D eigenvalue weighted by molar-refractivity contribution is 5.33. The van der Waals surface area contributed by atoms with Crippen molar-refractivity contribution in [2.45, 2.75) is 13.3 Å². The standard InChI is InChI=1S/C11H17NO/c1-9(8-12)7-10-5-3-4-6-11(10)13-2/h3-6,9H,7-8,12H2,1-2H3. The van der Waals surface area contributed by atoms with Crippen LogP contribution in [-0.2, 0) is 6.42 Å². The molecule has 0 aromatic heterocycles. The van der Waals surface area contributed by atoms with Crippen LogP contribution in [0.4, 0.5) is 0 Å². The normalized spacial score (nSPS) is 12.5. The first-order valence-corrected chi connectivity index (χ1v) is 4.60. The predicted octanol–water partition coefficient (Wildman–Crippen LogP) is 1.83. The van der Waals surface area contributed by atoms with E-state index in [-0.39, 0.29) is 0 Å². The average molecular weight is 179 g/mol. The minimum absolute atomic E-state index is 0.510. The van der Waals surface area contributed by atoms with Crippen LogP contribution < -0.4 is 10.5 Å². The summed E-state index contributed by atoms with van der Waals surface area (Å²) in [4.78, 5) is 0. The number of hydrogen-bond donors (Lipinski definition) is 1.